The van der Waals surface area contributed by atoms with Crippen LogP contribution in [0, 0.1) is 6.92 Å². The predicted molar refractivity (Wildman–Crippen MR) is 87.9 cm³/mol. The smallest absolute Gasteiger partial charge is 0.134 e. The zero-order chi connectivity index (χ0) is 14.8. The SMILES string of the molecule is CCNC(c1cc2ccccc2o1)c1cc(Cl)ccc1C. The first-order chi connectivity index (χ1) is 10.2. The van der Waals surface area contributed by atoms with Gasteiger partial charge in [-0.3, -0.25) is 0 Å². The first-order valence-electron chi connectivity index (χ1n) is 7.17. The number of furan rings is 1. The molecule has 0 saturated heterocycles. The Morgan fingerprint density at radius 1 is 1.14 bits per heavy atom. The molecule has 3 aromatic rings. The van der Waals surface area contributed by atoms with Gasteiger partial charge in [-0.25, -0.2) is 0 Å². The summed E-state index contributed by atoms with van der Waals surface area (Å²) in [5, 5.41) is 5.36. The van der Waals surface area contributed by atoms with E-state index in [0.29, 0.717) is 0 Å². The van der Waals surface area contributed by atoms with Gasteiger partial charge in [-0.2, -0.15) is 0 Å². The highest BCUT2D eigenvalue weighted by atomic mass is 35.5. The second-order valence-electron chi connectivity index (χ2n) is 5.18. The summed E-state index contributed by atoms with van der Waals surface area (Å²) >= 11 is 6.17. The Kier molecular flexibility index (Phi) is 4.00. The van der Waals surface area contributed by atoms with Crippen LogP contribution in [0.5, 0.6) is 0 Å². The Bertz CT molecular complexity index is 730. The summed E-state index contributed by atoms with van der Waals surface area (Å²) < 4.78 is 6.03. The largest absolute Gasteiger partial charge is 0.459 e. The Morgan fingerprint density at radius 2 is 1.95 bits per heavy atom. The summed E-state index contributed by atoms with van der Waals surface area (Å²) in [6.45, 7) is 5.04. The van der Waals surface area contributed by atoms with E-state index in [4.69, 9.17) is 16.0 Å². The molecule has 0 fully saturated rings. The summed E-state index contributed by atoms with van der Waals surface area (Å²) in [5.41, 5.74) is 3.27. The topological polar surface area (TPSA) is 25.2 Å². The van der Waals surface area contributed by atoms with E-state index in [1.807, 2.05) is 36.4 Å². The first kappa shape index (κ1) is 14.2. The third-order valence-corrected chi connectivity index (χ3v) is 3.92. The lowest BCUT2D eigenvalue weighted by Crippen LogP contribution is -2.22. The highest BCUT2D eigenvalue weighted by Crippen LogP contribution is 2.31. The fourth-order valence-electron chi connectivity index (χ4n) is 2.63. The molecule has 1 N–H and O–H groups in total. The van der Waals surface area contributed by atoms with Crippen molar-refractivity contribution in [3.05, 3.63) is 70.4 Å². The van der Waals surface area contributed by atoms with Crippen LogP contribution >= 0.6 is 11.6 Å². The van der Waals surface area contributed by atoms with Crippen LogP contribution in [-0.2, 0) is 0 Å². The van der Waals surface area contributed by atoms with E-state index in [1.165, 1.54) is 5.56 Å². The van der Waals surface area contributed by atoms with E-state index >= 15 is 0 Å². The van der Waals surface area contributed by atoms with Gasteiger partial charge in [0, 0.05) is 10.4 Å². The molecule has 0 bridgehead atoms. The molecule has 0 aliphatic carbocycles. The minimum absolute atomic E-state index is 0.0149. The lowest BCUT2D eigenvalue weighted by Gasteiger charge is -2.18. The van der Waals surface area contributed by atoms with E-state index in [9.17, 15) is 0 Å². The van der Waals surface area contributed by atoms with Gasteiger partial charge in [0.25, 0.3) is 0 Å². The number of halogens is 1. The molecule has 2 nitrogen and oxygen atoms in total. The number of fused-ring (bicyclic) bond motifs is 1. The molecular formula is C18H18ClNO. The molecule has 1 atom stereocenters. The fourth-order valence-corrected chi connectivity index (χ4v) is 2.82. The van der Waals surface area contributed by atoms with Crippen molar-refractivity contribution >= 4 is 22.6 Å². The van der Waals surface area contributed by atoms with Crippen LogP contribution in [0.4, 0.5) is 0 Å². The number of aryl methyl sites for hydroxylation is 1. The standard InChI is InChI=1S/C18H18ClNO/c1-3-20-18(15-11-14(19)9-8-12(15)2)17-10-13-6-4-5-7-16(13)21-17/h4-11,18,20H,3H2,1-2H3. The van der Waals surface area contributed by atoms with Crippen molar-refractivity contribution < 1.29 is 4.42 Å². The molecule has 0 amide bonds. The number of hydrogen-bond acceptors (Lipinski definition) is 2. The van der Waals surface area contributed by atoms with Crippen LogP contribution in [0.2, 0.25) is 5.02 Å². The zero-order valence-corrected chi connectivity index (χ0v) is 12.9. The molecule has 1 heterocycles. The lowest BCUT2D eigenvalue weighted by atomic mass is 9.99. The lowest BCUT2D eigenvalue weighted by molar-refractivity contribution is 0.476. The van der Waals surface area contributed by atoms with Crippen molar-refractivity contribution in [2.24, 2.45) is 0 Å². The summed E-state index contributed by atoms with van der Waals surface area (Å²) in [6.07, 6.45) is 0. The maximum atomic E-state index is 6.17. The quantitative estimate of drug-likeness (QED) is 0.725. The third kappa shape index (κ3) is 2.82. The highest BCUT2D eigenvalue weighted by Gasteiger charge is 2.19. The van der Waals surface area contributed by atoms with Crippen molar-refractivity contribution in [1.82, 2.24) is 5.32 Å². The first-order valence-corrected chi connectivity index (χ1v) is 7.54. The van der Waals surface area contributed by atoms with E-state index in [2.05, 4.69) is 31.3 Å². The van der Waals surface area contributed by atoms with Crippen LogP contribution in [0.25, 0.3) is 11.0 Å². The fraction of sp³-hybridized carbons (Fsp3) is 0.222. The number of hydrogen-bond donors (Lipinski definition) is 1. The maximum absolute atomic E-state index is 6.17. The predicted octanol–water partition coefficient (Wildman–Crippen LogP) is 5.09. The van der Waals surface area contributed by atoms with E-state index in [0.717, 1.165) is 33.9 Å². The van der Waals surface area contributed by atoms with Crippen LogP contribution in [-0.4, -0.2) is 6.54 Å². The highest BCUT2D eigenvalue weighted by molar-refractivity contribution is 6.30. The van der Waals surface area contributed by atoms with Gasteiger partial charge in [0.2, 0.25) is 0 Å². The molecule has 0 saturated carbocycles. The number of rotatable bonds is 4. The number of benzene rings is 2. The van der Waals surface area contributed by atoms with Gasteiger partial charge in [-0.1, -0.05) is 42.8 Å². The Hall–Kier alpha value is -1.77. The van der Waals surface area contributed by atoms with Gasteiger partial charge in [-0.05, 0) is 48.9 Å². The Labute approximate surface area is 129 Å². The minimum atomic E-state index is 0.0149. The monoisotopic (exact) mass is 299 g/mol. The van der Waals surface area contributed by atoms with Crippen LogP contribution in [0.1, 0.15) is 29.9 Å². The summed E-state index contributed by atoms with van der Waals surface area (Å²) in [5.74, 6) is 0.920. The van der Waals surface area contributed by atoms with Gasteiger partial charge >= 0.3 is 0 Å². The normalized spacial score (nSPS) is 12.7. The second kappa shape index (κ2) is 5.92. The van der Waals surface area contributed by atoms with E-state index in [-0.39, 0.29) is 6.04 Å². The molecule has 0 radical (unpaired) electrons. The van der Waals surface area contributed by atoms with Crippen LogP contribution in [0.3, 0.4) is 0 Å². The van der Waals surface area contributed by atoms with Crippen molar-refractivity contribution in [1.29, 1.82) is 0 Å². The number of nitrogens with one attached hydrogen (secondary N) is 1. The molecule has 2 aromatic carbocycles. The molecule has 3 rings (SSSR count). The molecule has 21 heavy (non-hydrogen) atoms. The molecule has 1 unspecified atom stereocenters. The average molecular weight is 300 g/mol. The van der Waals surface area contributed by atoms with E-state index < -0.39 is 0 Å². The number of para-hydroxylation sites is 1. The summed E-state index contributed by atoms with van der Waals surface area (Å²) in [6, 6.07) is 16.2. The molecule has 0 aliphatic heterocycles. The summed E-state index contributed by atoms with van der Waals surface area (Å²) in [4.78, 5) is 0. The Balaban J connectivity index is 2.10. The van der Waals surface area contributed by atoms with Crippen LogP contribution in [0.15, 0.2) is 52.9 Å². The van der Waals surface area contributed by atoms with Gasteiger partial charge in [0.05, 0.1) is 6.04 Å². The van der Waals surface area contributed by atoms with Crippen molar-refractivity contribution in [3.63, 3.8) is 0 Å². The van der Waals surface area contributed by atoms with E-state index in [1.54, 1.807) is 0 Å². The van der Waals surface area contributed by atoms with Crippen molar-refractivity contribution in [2.45, 2.75) is 19.9 Å². The Morgan fingerprint density at radius 3 is 2.71 bits per heavy atom. The average Bonchev–Trinajstić information content (AvgIpc) is 2.91. The second-order valence-corrected chi connectivity index (χ2v) is 5.61. The third-order valence-electron chi connectivity index (χ3n) is 3.69. The van der Waals surface area contributed by atoms with Crippen molar-refractivity contribution in [2.75, 3.05) is 6.54 Å². The maximum Gasteiger partial charge on any atom is 0.134 e. The molecule has 0 spiro atoms. The molecule has 0 aliphatic rings. The molecule has 108 valence electrons. The minimum Gasteiger partial charge on any atom is -0.459 e. The van der Waals surface area contributed by atoms with Gasteiger partial charge in [0.15, 0.2) is 0 Å². The van der Waals surface area contributed by atoms with Gasteiger partial charge in [-0.15, -0.1) is 0 Å². The van der Waals surface area contributed by atoms with Crippen molar-refractivity contribution in [3.8, 4) is 0 Å². The molecular weight excluding hydrogens is 282 g/mol. The molecule has 1 aromatic heterocycles. The summed E-state index contributed by atoms with van der Waals surface area (Å²) in [7, 11) is 0. The van der Waals surface area contributed by atoms with Gasteiger partial charge in [0.1, 0.15) is 11.3 Å². The molecule has 3 heteroatoms. The van der Waals surface area contributed by atoms with Gasteiger partial charge < -0.3 is 9.73 Å². The zero-order valence-electron chi connectivity index (χ0n) is 12.2. The van der Waals surface area contributed by atoms with Crippen LogP contribution < -0.4 is 5.32 Å².